The highest BCUT2D eigenvalue weighted by atomic mass is 19.1. The van der Waals surface area contributed by atoms with Crippen LogP contribution in [0.15, 0.2) is 54.7 Å². The van der Waals surface area contributed by atoms with E-state index < -0.39 is 0 Å². The predicted octanol–water partition coefficient (Wildman–Crippen LogP) is 2.91. The molecule has 0 aliphatic carbocycles. The molecule has 0 atom stereocenters. The lowest BCUT2D eigenvalue weighted by Crippen LogP contribution is -2.26. The number of anilines is 1. The molecule has 7 heteroatoms. The molecule has 3 aromatic rings. The molecule has 0 saturated carbocycles. The summed E-state index contributed by atoms with van der Waals surface area (Å²) in [5.41, 5.74) is 2.37. The SMILES string of the molecule is COc1cccc(N(C)N)c1COc1ccn(-c2ccc(F)cc2)n1. The lowest BCUT2D eigenvalue weighted by Gasteiger charge is -2.19. The fourth-order valence-electron chi connectivity index (χ4n) is 2.49. The molecule has 25 heavy (non-hydrogen) atoms. The minimum atomic E-state index is -0.290. The van der Waals surface area contributed by atoms with Crippen LogP contribution in [0.4, 0.5) is 10.1 Å². The Morgan fingerprint density at radius 2 is 1.92 bits per heavy atom. The van der Waals surface area contributed by atoms with Gasteiger partial charge in [-0.2, -0.15) is 0 Å². The Balaban J connectivity index is 1.78. The topological polar surface area (TPSA) is 65.5 Å². The van der Waals surface area contributed by atoms with Gasteiger partial charge in [-0.05, 0) is 36.4 Å². The van der Waals surface area contributed by atoms with Crippen molar-refractivity contribution in [2.45, 2.75) is 6.61 Å². The maximum absolute atomic E-state index is 13.0. The molecule has 0 unspecified atom stereocenters. The molecule has 0 saturated heterocycles. The number of hydrogen-bond acceptors (Lipinski definition) is 5. The second-order valence-corrected chi connectivity index (χ2v) is 5.43. The monoisotopic (exact) mass is 342 g/mol. The number of rotatable bonds is 6. The van der Waals surface area contributed by atoms with Gasteiger partial charge in [-0.1, -0.05) is 6.07 Å². The highest BCUT2D eigenvalue weighted by Gasteiger charge is 2.13. The molecule has 6 nitrogen and oxygen atoms in total. The lowest BCUT2D eigenvalue weighted by molar-refractivity contribution is 0.284. The summed E-state index contributed by atoms with van der Waals surface area (Å²) >= 11 is 0. The van der Waals surface area contributed by atoms with E-state index in [0.29, 0.717) is 11.6 Å². The van der Waals surface area contributed by atoms with E-state index in [0.717, 1.165) is 16.9 Å². The van der Waals surface area contributed by atoms with Gasteiger partial charge in [-0.3, -0.25) is 0 Å². The molecule has 2 aromatic carbocycles. The molecule has 1 heterocycles. The number of aromatic nitrogens is 2. The molecule has 3 rings (SSSR count). The van der Waals surface area contributed by atoms with Gasteiger partial charge < -0.3 is 14.5 Å². The average molecular weight is 342 g/mol. The lowest BCUT2D eigenvalue weighted by atomic mass is 10.1. The number of benzene rings is 2. The standard InChI is InChI=1S/C18H19FN4O2/c1-22(20)16-4-3-5-17(24-2)15(16)12-25-18-10-11-23(21-18)14-8-6-13(19)7-9-14/h3-11H,12,20H2,1-2H3. The Bertz CT molecular complexity index is 847. The maximum Gasteiger partial charge on any atom is 0.233 e. The molecule has 0 aliphatic heterocycles. The maximum atomic E-state index is 13.0. The average Bonchev–Trinajstić information content (AvgIpc) is 3.09. The van der Waals surface area contributed by atoms with E-state index in [1.807, 2.05) is 18.2 Å². The molecular formula is C18H19FN4O2. The minimum absolute atomic E-state index is 0.251. The number of ether oxygens (including phenoxy) is 2. The van der Waals surface area contributed by atoms with Gasteiger partial charge in [0.1, 0.15) is 18.2 Å². The summed E-state index contributed by atoms with van der Waals surface area (Å²) < 4.78 is 25.8. The molecule has 1 aromatic heterocycles. The van der Waals surface area contributed by atoms with E-state index in [4.69, 9.17) is 15.3 Å². The quantitative estimate of drug-likeness (QED) is 0.551. The van der Waals surface area contributed by atoms with E-state index in [1.165, 1.54) is 17.1 Å². The van der Waals surface area contributed by atoms with E-state index in [1.54, 1.807) is 43.2 Å². The summed E-state index contributed by atoms with van der Waals surface area (Å²) in [6, 6.07) is 13.4. The predicted molar refractivity (Wildman–Crippen MR) is 93.4 cm³/mol. The van der Waals surface area contributed by atoms with Crippen LogP contribution in [0.1, 0.15) is 5.56 Å². The highest BCUT2D eigenvalue weighted by Crippen LogP contribution is 2.29. The van der Waals surface area contributed by atoms with Crippen molar-refractivity contribution in [2.24, 2.45) is 5.84 Å². The van der Waals surface area contributed by atoms with Crippen molar-refractivity contribution >= 4 is 5.69 Å². The molecular weight excluding hydrogens is 323 g/mol. The zero-order valence-electron chi connectivity index (χ0n) is 14.0. The third-order valence-corrected chi connectivity index (χ3v) is 3.73. The van der Waals surface area contributed by atoms with Gasteiger partial charge in [0.2, 0.25) is 5.88 Å². The van der Waals surface area contributed by atoms with Crippen molar-refractivity contribution in [3.8, 4) is 17.3 Å². The first-order valence-electron chi connectivity index (χ1n) is 7.67. The fraction of sp³-hybridized carbons (Fsp3) is 0.167. The van der Waals surface area contributed by atoms with E-state index in [2.05, 4.69) is 5.10 Å². The van der Waals surface area contributed by atoms with E-state index >= 15 is 0 Å². The molecule has 0 spiro atoms. The second kappa shape index (κ2) is 7.23. The summed E-state index contributed by atoms with van der Waals surface area (Å²) in [4.78, 5) is 0. The fourth-order valence-corrected chi connectivity index (χ4v) is 2.49. The molecule has 0 amide bonds. The Morgan fingerprint density at radius 1 is 1.16 bits per heavy atom. The van der Waals surface area contributed by atoms with Gasteiger partial charge in [-0.15, -0.1) is 5.10 Å². The van der Waals surface area contributed by atoms with Gasteiger partial charge in [-0.25, -0.2) is 14.9 Å². The number of methoxy groups -OCH3 is 1. The van der Waals surface area contributed by atoms with E-state index in [-0.39, 0.29) is 12.4 Å². The van der Waals surface area contributed by atoms with Crippen molar-refractivity contribution in [3.63, 3.8) is 0 Å². The van der Waals surface area contributed by atoms with Crippen LogP contribution in [-0.2, 0) is 6.61 Å². The van der Waals surface area contributed by atoms with Crippen LogP contribution >= 0.6 is 0 Å². The largest absolute Gasteiger partial charge is 0.496 e. The number of hydrazine groups is 1. The zero-order valence-corrected chi connectivity index (χ0v) is 14.0. The van der Waals surface area contributed by atoms with Crippen LogP contribution in [0.3, 0.4) is 0 Å². The van der Waals surface area contributed by atoms with Gasteiger partial charge in [0, 0.05) is 19.3 Å². The first-order valence-corrected chi connectivity index (χ1v) is 7.67. The van der Waals surface area contributed by atoms with Gasteiger partial charge in [0.15, 0.2) is 0 Å². The Labute approximate surface area is 145 Å². The molecule has 130 valence electrons. The molecule has 0 bridgehead atoms. The van der Waals surface area contributed by atoms with Crippen molar-refractivity contribution in [1.29, 1.82) is 0 Å². The Hall–Kier alpha value is -3.06. The Kier molecular flexibility index (Phi) is 4.85. The summed E-state index contributed by atoms with van der Waals surface area (Å²) in [6.07, 6.45) is 1.75. The van der Waals surface area contributed by atoms with Crippen molar-refractivity contribution in [2.75, 3.05) is 19.2 Å². The smallest absolute Gasteiger partial charge is 0.233 e. The Morgan fingerprint density at radius 3 is 2.60 bits per heavy atom. The highest BCUT2D eigenvalue weighted by molar-refractivity contribution is 5.58. The number of nitrogens with two attached hydrogens (primary N) is 1. The first-order chi connectivity index (χ1) is 12.1. The molecule has 0 fully saturated rings. The molecule has 0 aliphatic rings. The summed E-state index contributed by atoms with van der Waals surface area (Å²) in [7, 11) is 3.35. The van der Waals surface area contributed by atoms with Crippen LogP contribution in [0.25, 0.3) is 5.69 Å². The van der Waals surface area contributed by atoms with Crippen LogP contribution in [-0.4, -0.2) is 23.9 Å². The van der Waals surface area contributed by atoms with Gasteiger partial charge in [0.05, 0.1) is 24.0 Å². The minimum Gasteiger partial charge on any atom is -0.496 e. The zero-order chi connectivity index (χ0) is 17.8. The van der Waals surface area contributed by atoms with Crippen molar-refractivity contribution < 1.29 is 13.9 Å². The van der Waals surface area contributed by atoms with Crippen LogP contribution in [0.5, 0.6) is 11.6 Å². The van der Waals surface area contributed by atoms with Crippen molar-refractivity contribution in [1.82, 2.24) is 9.78 Å². The van der Waals surface area contributed by atoms with Gasteiger partial charge >= 0.3 is 0 Å². The van der Waals surface area contributed by atoms with Crippen LogP contribution in [0.2, 0.25) is 0 Å². The van der Waals surface area contributed by atoms with Crippen LogP contribution < -0.4 is 20.3 Å². The molecule has 2 N–H and O–H groups in total. The number of hydrogen-bond donors (Lipinski definition) is 1. The van der Waals surface area contributed by atoms with E-state index in [9.17, 15) is 4.39 Å². The summed E-state index contributed by atoms with van der Waals surface area (Å²) in [6.45, 7) is 0.251. The normalized spacial score (nSPS) is 10.6. The first kappa shape index (κ1) is 16.8. The van der Waals surface area contributed by atoms with Gasteiger partial charge in [0.25, 0.3) is 0 Å². The van der Waals surface area contributed by atoms with Crippen LogP contribution in [0, 0.1) is 5.82 Å². The number of nitrogens with zero attached hydrogens (tertiary/aromatic N) is 3. The third kappa shape index (κ3) is 3.72. The summed E-state index contributed by atoms with van der Waals surface area (Å²) in [5.74, 6) is 6.71. The van der Waals surface area contributed by atoms with Crippen molar-refractivity contribution in [3.05, 3.63) is 66.1 Å². The second-order valence-electron chi connectivity index (χ2n) is 5.43. The number of halogens is 1. The molecule has 0 radical (unpaired) electrons. The summed E-state index contributed by atoms with van der Waals surface area (Å²) in [5, 5.41) is 5.85. The third-order valence-electron chi connectivity index (χ3n) is 3.73.